The zero-order valence-electron chi connectivity index (χ0n) is 23.5. The Bertz CT molecular complexity index is 897. The quantitative estimate of drug-likeness (QED) is 0.235. The van der Waals surface area contributed by atoms with Crippen molar-refractivity contribution in [1.82, 2.24) is 0 Å². The molecule has 1 aliphatic heterocycles. The molecule has 1 saturated heterocycles. The maximum Gasteiger partial charge on any atom is 0.185 e. The van der Waals surface area contributed by atoms with E-state index >= 15 is 0 Å². The zero-order chi connectivity index (χ0) is 25.8. The minimum Gasteiger partial charge on any atom is -0.401 e. The van der Waals surface area contributed by atoms with Crippen molar-refractivity contribution in [2.45, 2.75) is 89.2 Å². The third-order valence-corrected chi connectivity index (χ3v) is 42.2. The highest BCUT2D eigenvalue weighted by Gasteiger charge is 2.80. The molecule has 1 heterocycles. The SMILES string of the molecule is C[Si](C)(C)OC1(c2ccccc2)P([Si](C)(C)C)P([Si](C)(C)C)C1(O[Si](C)(C)C)c1ccccc1. The number of hydrogen-bond acceptors (Lipinski definition) is 2. The Kier molecular flexibility index (Phi) is 7.95. The fraction of sp³-hybridized carbons (Fsp3) is 0.538. The Balaban J connectivity index is 2.55. The molecule has 2 nitrogen and oxygen atoms in total. The molecule has 0 bridgehead atoms. The monoisotopic (exact) mass is 564 g/mol. The Morgan fingerprint density at radius 1 is 0.471 bits per heavy atom. The van der Waals surface area contributed by atoms with Gasteiger partial charge in [-0.05, 0) is 50.4 Å². The van der Waals surface area contributed by atoms with Crippen LogP contribution >= 0.6 is 14.3 Å². The predicted octanol–water partition coefficient (Wildman–Crippen LogP) is 9.96. The van der Waals surface area contributed by atoms with Gasteiger partial charge in [0.2, 0.25) is 0 Å². The van der Waals surface area contributed by atoms with Crippen LogP contribution in [0.3, 0.4) is 0 Å². The maximum absolute atomic E-state index is 7.67. The molecule has 1 aliphatic rings. The number of benzene rings is 2. The molecule has 4 atom stereocenters. The van der Waals surface area contributed by atoms with Crippen molar-refractivity contribution in [2.24, 2.45) is 0 Å². The summed E-state index contributed by atoms with van der Waals surface area (Å²) in [6.07, 6.45) is 0. The Hall–Kier alpha value is 0.0875. The van der Waals surface area contributed by atoms with Crippen LogP contribution in [0.5, 0.6) is 0 Å². The third kappa shape index (κ3) is 5.22. The summed E-state index contributed by atoms with van der Waals surface area (Å²) >= 11 is 0. The van der Waals surface area contributed by atoms with E-state index in [0.717, 1.165) is 0 Å². The van der Waals surface area contributed by atoms with E-state index < -0.39 is 32.1 Å². The Labute approximate surface area is 215 Å². The second kappa shape index (κ2) is 9.44. The van der Waals surface area contributed by atoms with Crippen molar-refractivity contribution in [1.29, 1.82) is 0 Å². The van der Waals surface area contributed by atoms with E-state index in [1.54, 1.807) is 0 Å². The summed E-state index contributed by atoms with van der Waals surface area (Å²) in [7, 11) is -7.84. The lowest BCUT2D eigenvalue weighted by Crippen LogP contribution is -2.67. The van der Waals surface area contributed by atoms with Gasteiger partial charge in [-0.1, -0.05) is 114 Å². The summed E-state index contributed by atoms with van der Waals surface area (Å²) in [6, 6.07) is 22.5. The van der Waals surface area contributed by atoms with E-state index in [9.17, 15) is 0 Å². The van der Waals surface area contributed by atoms with Gasteiger partial charge in [-0.2, -0.15) is 0 Å². The molecule has 0 amide bonds. The second-order valence-corrected chi connectivity index (χ2v) is 48.9. The minimum absolute atomic E-state index is 0.368. The molecule has 3 rings (SSSR count). The van der Waals surface area contributed by atoms with Gasteiger partial charge in [0.05, 0.1) is 15.5 Å². The molecule has 8 heteroatoms. The lowest BCUT2D eigenvalue weighted by Gasteiger charge is -2.76. The van der Waals surface area contributed by atoms with E-state index in [2.05, 4.69) is 139 Å². The minimum atomic E-state index is -1.95. The lowest BCUT2D eigenvalue weighted by molar-refractivity contribution is -0.0284. The van der Waals surface area contributed by atoms with Gasteiger partial charge in [-0.25, -0.2) is 0 Å². The van der Waals surface area contributed by atoms with Gasteiger partial charge >= 0.3 is 0 Å². The van der Waals surface area contributed by atoms with Gasteiger partial charge < -0.3 is 8.85 Å². The lowest BCUT2D eigenvalue weighted by atomic mass is 9.96. The van der Waals surface area contributed by atoms with Crippen LogP contribution in [0.4, 0.5) is 0 Å². The fourth-order valence-corrected chi connectivity index (χ4v) is 61.2. The topological polar surface area (TPSA) is 18.5 Å². The molecule has 0 aliphatic carbocycles. The van der Waals surface area contributed by atoms with Crippen LogP contribution in [-0.4, -0.2) is 32.1 Å². The van der Waals surface area contributed by atoms with Crippen LogP contribution in [0.15, 0.2) is 60.7 Å². The fourth-order valence-electron chi connectivity index (χ4n) is 5.26. The van der Waals surface area contributed by atoms with E-state index in [-0.39, 0.29) is 25.0 Å². The molecule has 0 aromatic heterocycles. The summed E-state index contributed by atoms with van der Waals surface area (Å²) in [5, 5.41) is -0.766. The standard InChI is InChI=1S/C26H46O2P2Si4/c1-31(2,3)27-25(23-19-15-13-16-20-23)26(28-32(4,5)6,24-21-17-14-18-22-24)30(34(10,11)12)29(25)33(7,8)9/h13-22H,1-12H3. The zero-order valence-corrected chi connectivity index (χ0v) is 29.3. The maximum atomic E-state index is 7.67. The summed E-state index contributed by atoms with van der Waals surface area (Å²) < 4.78 is 15.3. The first kappa shape index (κ1) is 28.7. The van der Waals surface area contributed by atoms with Crippen molar-refractivity contribution in [3.63, 3.8) is 0 Å². The molecular weight excluding hydrogens is 519 g/mol. The first-order chi connectivity index (χ1) is 15.4. The molecule has 0 radical (unpaired) electrons. The number of rotatable bonds is 8. The highest BCUT2D eigenvalue weighted by Crippen LogP contribution is 3.04. The molecule has 4 unspecified atom stereocenters. The van der Waals surface area contributed by atoms with Crippen LogP contribution in [0, 0.1) is 0 Å². The molecule has 188 valence electrons. The van der Waals surface area contributed by atoms with Crippen molar-refractivity contribution < 1.29 is 8.85 Å². The van der Waals surface area contributed by atoms with Crippen molar-refractivity contribution in [3.8, 4) is 0 Å². The van der Waals surface area contributed by atoms with Gasteiger partial charge in [0.25, 0.3) is 0 Å². The largest absolute Gasteiger partial charge is 0.401 e. The Morgan fingerprint density at radius 3 is 0.941 bits per heavy atom. The van der Waals surface area contributed by atoms with Crippen molar-refractivity contribution >= 4 is 46.4 Å². The molecular formula is C26H46O2P2Si4. The van der Waals surface area contributed by atoms with Gasteiger partial charge in [-0.15, -0.1) is 0 Å². The van der Waals surface area contributed by atoms with Gasteiger partial charge in [-0.3, -0.25) is 0 Å². The molecule has 0 N–H and O–H groups in total. The first-order valence-electron chi connectivity index (χ1n) is 12.5. The van der Waals surface area contributed by atoms with Crippen LogP contribution in [0.25, 0.3) is 0 Å². The molecule has 34 heavy (non-hydrogen) atoms. The number of hydrogen-bond donors (Lipinski definition) is 0. The average Bonchev–Trinajstić information content (AvgIpc) is 2.66. The first-order valence-corrected chi connectivity index (χ1v) is 31.4. The summed E-state index contributed by atoms with van der Waals surface area (Å²) in [6.45, 7) is 29.8. The summed E-state index contributed by atoms with van der Waals surface area (Å²) in [4.78, 5) is 0. The van der Waals surface area contributed by atoms with Gasteiger partial charge in [0, 0.05) is 0 Å². The van der Waals surface area contributed by atoms with Gasteiger partial charge in [0.1, 0.15) is 10.7 Å². The van der Waals surface area contributed by atoms with Crippen LogP contribution in [0.2, 0.25) is 78.6 Å². The molecule has 2 aromatic carbocycles. The van der Waals surface area contributed by atoms with E-state index in [1.165, 1.54) is 11.1 Å². The summed E-state index contributed by atoms with van der Waals surface area (Å²) in [5.74, 6) is 0. The third-order valence-electron chi connectivity index (χ3n) is 5.76. The van der Waals surface area contributed by atoms with E-state index in [0.29, 0.717) is 0 Å². The second-order valence-electron chi connectivity index (χ2n) is 13.4. The highest BCUT2D eigenvalue weighted by molar-refractivity contribution is 8.57. The van der Waals surface area contributed by atoms with Crippen LogP contribution < -0.4 is 0 Å². The average molecular weight is 565 g/mol. The van der Waals surface area contributed by atoms with Gasteiger partial charge in [0.15, 0.2) is 16.6 Å². The normalized spacial score (nSPS) is 28.5. The smallest absolute Gasteiger partial charge is 0.185 e. The Morgan fingerprint density at radius 2 is 0.735 bits per heavy atom. The van der Waals surface area contributed by atoms with Crippen molar-refractivity contribution in [2.75, 3.05) is 0 Å². The van der Waals surface area contributed by atoms with E-state index in [1.807, 2.05) is 0 Å². The summed E-state index contributed by atoms with van der Waals surface area (Å²) in [5.41, 5.74) is 2.70. The molecule has 0 spiro atoms. The van der Waals surface area contributed by atoms with Crippen molar-refractivity contribution in [3.05, 3.63) is 71.8 Å². The van der Waals surface area contributed by atoms with E-state index in [4.69, 9.17) is 8.85 Å². The van der Waals surface area contributed by atoms with Crippen LogP contribution in [0.1, 0.15) is 11.1 Å². The highest BCUT2D eigenvalue weighted by atomic mass is 32.3. The molecule has 2 aromatic rings. The molecule has 1 fully saturated rings. The van der Waals surface area contributed by atoms with Crippen LogP contribution in [-0.2, 0) is 19.5 Å². The molecule has 0 saturated carbocycles. The predicted molar refractivity (Wildman–Crippen MR) is 166 cm³/mol.